The van der Waals surface area contributed by atoms with Crippen LogP contribution in [0.2, 0.25) is 0 Å². The fourth-order valence-corrected chi connectivity index (χ4v) is 1.85. The van der Waals surface area contributed by atoms with Gasteiger partial charge in [-0.05, 0) is 17.3 Å². The Morgan fingerprint density at radius 1 is 1.00 bits per heavy atom. The summed E-state index contributed by atoms with van der Waals surface area (Å²) in [6.07, 6.45) is 0. The molecule has 0 unspecified atom stereocenters. The Hall–Kier alpha value is -3.02. The van der Waals surface area contributed by atoms with Gasteiger partial charge >= 0.3 is 5.97 Å². The lowest BCUT2D eigenvalue weighted by Gasteiger charge is -2.02. The number of rotatable bonds is 3. The van der Waals surface area contributed by atoms with Crippen LogP contribution in [-0.4, -0.2) is 31.3 Å². The second-order valence-corrected chi connectivity index (χ2v) is 4.09. The summed E-state index contributed by atoms with van der Waals surface area (Å²) in [5.74, 6) is -0.579. The van der Waals surface area contributed by atoms with Gasteiger partial charge in [0.05, 0.1) is 5.56 Å². The average Bonchev–Trinajstić information content (AvgIpc) is 2.98. The molecule has 0 bridgehead atoms. The van der Waals surface area contributed by atoms with E-state index in [-0.39, 0.29) is 5.56 Å². The number of benzene rings is 2. The van der Waals surface area contributed by atoms with Crippen molar-refractivity contribution >= 4 is 5.97 Å². The van der Waals surface area contributed by atoms with Gasteiger partial charge in [-0.3, -0.25) is 0 Å². The molecule has 1 aromatic heterocycles. The van der Waals surface area contributed by atoms with Gasteiger partial charge in [-0.1, -0.05) is 42.5 Å². The summed E-state index contributed by atoms with van der Waals surface area (Å²) in [4.78, 5) is 12.4. The van der Waals surface area contributed by atoms with Crippen LogP contribution in [-0.2, 0) is 0 Å². The van der Waals surface area contributed by atoms with Gasteiger partial charge in [0.1, 0.15) is 5.69 Å². The highest BCUT2D eigenvalue weighted by atomic mass is 16.4. The first-order valence-electron chi connectivity index (χ1n) is 5.94. The number of tetrazole rings is 1. The number of nitrogens with zero attached hydrogens (tertiary/aromatic N) is 4. The fourth-order valence-electron chi connectivity index (χ4n) is 1.85. The summed E-state index contributed by atoms with van der Waals surface area (Å²) < 4.78 is 0. The maximum atomic E-state index is 11.2. The molecule has 0 saturated carbocycles. The Labute approximate surface area is 114 Å². The van der Waals surface area contributed by atoms with Crippen molar-refractivity contribution in [3.63, 3.8) is 0 Å². The first kappa shape index (κ1) is 12.0. The summed E-state index contributed by atoms with van der Waals surface area (Å²) in [5, 5.41) is 21.3. The predicted molar refractivity (Wildman–Crippen MR) is 71.5 cm³/mol. The summed E-state index contributed by atoms with van der Waals surface area (Å²) in [6, 6.07) is 15.9. The Morgan fingerprint density at radius 3 is 2.45 bits per heavy atom. The zero-order chi connectivity index (χ0) is 13.9. The topological polar surface area (TPSA) is 80.9 Å². The van der Waals surface area contributed by atoms with Crippen molar-refractivity contribution in [1.82, 2.24) is 20.2 Å². The largest absolute Gasteiger partial charge is 0.478 e. The van der Waals surface area contributed by atoms with Crippen LogP contribution >= 0.6 is 0 Å². The molecule has 1 N–H and O–H groups in total. The molecule has 0 amide bonds. The molecule has 0 saturated heterocycles. The summed E-state index contributed by atoms with van der Waals surface area (Å²) in [5.41, 5.74) is 1.34. The maximum Gasteiger partial charge on any atom is 0.337 e. The lowest BCUT2D eigenvalue weighted by molar-refractivity contribution is 0.0696. The normalized spacial score (nSPS) is 10.4. The lowest BCUT2D eigenvalue weighted by Crippen LogP contribution is -2.07. The Balaban J connectivity index is 2.05. The van der Waals surface area contributed by atoms with E-state index in [2.05, 4.69) is 15.4 Å². The third-order valence-corrected chi connectivity index (χ3v) is 2.80. The quantitative estimate of drug-likeness (QED) is 0.784. The zero-order valence-electron chi connectivity index (χ0n) is 10.3. The lowest BCUT2D eigenvalue weighted by atomic mass is 10.2. The zero-order valence-corrected chi connectivity index (χ0v) is 10.3. The monoisotopic (exact) mass is 266 g/mol. The smallest absolute Gasteiger partial charge is 0.337 e. The van der Waals surface area contributed by atoms with Gasteiger partial charge in [0, 0.05) is 5.56 Å². The van der Waals surface area contributed by atoms with E-state index in [4.69, 9.17) is 5.11 Å². The van der Waals surface area contributed by atoms with Crippen molar-refractivity contribution < 1.29 is 9.90 Å². The van der Waals surface area contributed by atoms with Crippen molar-refractivity contribution in [1.29, 1.82) is 0 Å². The number of carbonyl (C=O) groups is 1. The molecule has 0 aliphatic heterocycles. The van der Waals surface area contributed by atoms with Crippen LogP contribution < -0.4 is 0 Å². The van der Waals surface area contributed by atoms with Gasteiger partial charge in [0.25, 0.3) is 0 Å². The van der Waals surface area contributed by atoms with E-state index in [0.717, 1.165) is 5.56 Å². The summed E-state index contributed by atoms with van der Waals surface area (Å²) >= 11 is 0. The van der Waals surface area contributed by atoms with Crippen LogP contribution in [0.1, 0.15) is 10.4 Å². The van der Waals surface area contributed by atoms with Crippen LogP contribution in [0.15, 0.2) is 54.6 Å². The first-order valence-corrected chi connectivity index (χ1v) is 5.94. The van der Waals surface area contributed by atoms with Gasteiger partial charge in [-0.2, -0.15) is 0 Å². The Morgan fingerprint density at radius 2 is 1.70 bits per heavy atom. The summed E-state index contributed by atoms with van der Waals surface area (Å²) in [6.45, 7) is 0. The van der Waals surface area contributed by atoms with Crippen molar-refractivity contribution in [2.24, 2.45) is 0 Å². The second kappa shape index (κ2) is 4.93. The number of hydrogen-bond donors (Lipinski definition) is 1. The number of para-hydroxylation sites is 1. The average molecular weight is 266 g/mol. The Kier molecular flexibility index (Phi) is 2.96. The molecule has 0 radical (unpaired) electrons. The van der Waals surface area contributed by atoms with Gasteiger partial charge in [-0.25, -0.2) is 4.79 Å². The molecule has 2 aromatic carbocycles. The molecule has 0 aliphatic carbocycles. The molecular formula is C14H10N4O2. The van der Waals surface area contributed by atoms with Gasteiger partial charge in [-0.15, -0.1) is 15.0 Å². The van der Waals surface area contributed by atoms with E-state index >= 15 is 0 Å². The second-order valence-electron chi connectivity index (χ2n) is 4.09. The molecule has 6 nitrogen and oxygen atoms in total. The van der Waals surface area contributed by atoms with Crippen LogP contribution in [0.3, 0.4) is 0 Å². The molecule has 0 spiro atoms. The molecule has 0 atom stereocenters. The molecule has 1 heterocycles. The van der Waals surface area contributed by atoms with E-state index in [0.29, 0.717) is 11.5 Å². The van der Waals surface area contributed by atoms with Gasteiger partial charge in [0.15, 0.2) is 0 Å². The highest BCUT2D eigenvalue weighted by Gasteiger charge is 2.14. The van der Waals surface area contributed by atoms with Crippen molar-refractivity contribution in [3.8, 4) is 17.1 Å². The number of hydrogen-bond acceptors (Lipinski definition) is 4. The molecule has 98 valence electrons. The van der Waals surface area contributed by atoms with E-state index in [1.807, 2.05) is 30.3 Å². The van der Waals surface area contributed by atoms with Crippen LogP contribution in [0.4, 0.5) is 0 Å². The number of aromatic nitrogens is 4. The van der Waals surface area contributed by atoms with Gasteiger partial charge < -0.3 is 5.11 Å². The third kappa shape index (κ3) is 2.14. The van der Waals surface area contributed by atoms with E-state index in [1.165, 1.54) is 10.9 Å². The molecule has 0 aliphatic rings. The van der Waals surface area contributed by atoms with Crippen molar-refractivity contribution in [2.75, 3.05) is 0 Å². The minimum absolute atomic E-state index is 0.129. The van der Waals surface area contributed by atoms with Crippen molar-refractivity contribution in [3.05, 3.63) is 60.2 Å². The first-order chi connectivity index (χ1) is 9.75. The fraction of sp³-hybridized carbons (Fsp3) is 0. The maximum absolute atomic E-state index is 11.2. The minimum Gasteiger partial charge on any atom is -0.478 e. The van der Waals surface area contributed by atoms with Gasteiger partial charge in [0.2, 0.25) is 5.82 Å². The third-order valence-electron chi connectivity index (χ3n) is 2.80. The van der Waals surface area contributed by atoms with Crippen LogP contribution in [0.5, 0.6) is 0 Å². The minimum atomic E-state index is -1.03. The molecule has 3 aromatic rings. The molecule has 3 rings (SSSR count). The molecule has 0 fully saturated rings. The van der Waals surface area contributed by atoms with E-state index < -0.39 is 5.97 Å². The standard InChI is InChI=1S/C14H10N4O2/c19-14(20)11-8-4-5-9-12(11)18-16-13(15-17-18)10-6-2-1-3-7-10/h1-9H,(H,19,20). The molecule has 6 heteroatoms. The molecular weight excluding hydrogens is 256 g/mol. The highest BCUT2D eigenvalue weighted by Crippen LogP contribution is 2.16. The van der Waals surface area contributed by atoms with Crippen LogP contribution in [0, 0.1) is 0 Å². The molecule has 20 heavy (non-hydrogen) atoms. The number of carboxylic acid groups (broad SMARTS) is 1. The summed E-state index contributed by atoms with van der Waals surface area (Å²) in [7, 11) is 0. The highest BCUT2D eigenvalue weighted by molar-refractivity contribution is 5.91. The van der Waals surface area contributed by atoms with Crippen LogP contribution in [0.25, 0.3) is 17.1 Å². The predicted octanol–water partition coefficient (Wildman–Crippen LogP) is 2.03. The SMILES string of the molecule is O=C(O)c1ccccc1-n1nnc(-c2ccccc2)n1. The van der Waals surface area contributed by atoms with E-state index in [9.17, 15) is 4.79 Å². The van der Waals surface area contributed by atoms with Crippen molar-refractivity contribution in [2.45, 2.75) is 0 Å². The number of carboxylic acids is 1. The van der Waals surface area contributed by atoms with E-state index in [1.54, 1.807) is 18.2 Å². The number of aromatic carboxylic acids is 1. The Bertz CT molecular complexity index is 753.